The Kier molecular flexibility index (Phi) is 5.37. The first-order valence-electron chi connectivity index (χ1n) is 9.26. The maximum Gasteiger partial charge on any atom is 0.506 e. The molecule has 0 radical (unpaired) electrons. The minimum atomic E-state index is -2.19. The Bertz CT molecular complexity index is 759. The molecular weight excluding hydrogens is 460 g/mol. The molecule has 6 nitrogen and oxygen atoms in total. The average Bonchev–Trinajstić information content (AvgIpc) is 2.91. The van der Waals surface area contributed by atoms with Gasteiger partial charge in [0.05, 0.1) is 18.6 Å². The summed E-state index contributed by atoms with van der Waals surface area (Å²) in [6.45, 7) is 7.87. The summed E-state index contributed by atoms with van der Waals surface area (Å²) in [6, 6.07) is 8.02. The summed E-state index contributed by atoms with van der Waals surface area (Å²) in [5, 5.41) is 0. The highest BCUT2D eigenvalue weighted by molar-refractivity contribution is 14.1. The lowest BCUT2D eigenvalue weighted by Gasteiger charge is -2.36. The molecule has 2 aliphatic rings. The van der Waals surface area contributed by atoms with Crippen molar-refractivity contribution in [2.45, 2.75) is 58.2 Å². The van der Waals surface area contributed by atoms with Crippen molar-refractivity contribution in [1.82, 2.24) is 0 Å². The molecule has 2 heterocycles. The molecule has 0 aromatic heterocycles. The van der Waals surface area contributed by atoms with E-state index in [0.717, 1.165) is 9.13 Å². The summed E-state index contributed by atoms with van der Waals surface area (Å²) >= 11 is 2.26. The van der Waals surface area contributed by atoms with Crippen LogP contribution >= 0.6 is 22.6 Å². The molecule has 0 saturated carbocycles. The van der Waals surface area contributed by atoms with Crippen LogP contribution in [0.1, 0.15) is 46.6 Å². The summed E-state index contributed by atoms with van der Waals surface area (Å²) in [5.41, 5.74) is -0.218. The van der Waals surface area contributed by atoms with E-state index in [4.69, 9.17) is 18.7 Å². The monoisotopic (exact) mass is 487 g/mol. The normalized spacial score (nSPS) is 24.9. The first-order valence-corrected chi connectivity index (χ1v) is 10.3. The Morgan fingerprint density at radius 2 is 1.74 bits per heavy atom. The van der Waals surface area contributed by atoms with Gasteiger partial charge in [-0.1, -0.05) is 0 Å². The highest BCUT2D eigenvalue weighted by Crippen LogP contribution is 2.46. The Hall–Kier alpha value is -1.13. The molecule has 8 heteroatoms. The van der Waals surface area contributed by atoms with Crippen LogP contribution in [0.4, 0.5) is 0 Å². The van der Waals surface area contributed by atoms with Crippen LogP contribution in [0.15, 0.2) is 24.3 Å². The van der Waals surface area contributed by atoms with Crippen molar-refractivity contribution in [2.75, 3.05) is 13.7 Å². The second-order valence-corrected chi connectivity index (χ2v) is 9.32. The number of carbonyl (C=O) groups excluding carboxylic acids is 1. The van der Waals surface area contributed by atoms with E-state index in [2.05, 4.69) is 22.6 Å². The van der Waals surface area contributed by atoms with E-state index in [1.54, 1.807) is 6.92 Å². The summed E-state index contributed by atoms with van der Waals surface area (Å²) < 4.78 is 27.4. The standard InChI is InChI=1S/C19H27BINO5/c1-7-24-16(23)12-15-20(26-18(2,3)19(4,5)27-20)25-17(22(15)6)13-8-10-14(21)11-9-13/h8-11,15H,7,12H2,1-6H3/t15-/m0/s1. The molecule has 2 aliphatic heterocycles. The van der Waals surface area contributed by atoms with Crippen LogP contribution in [0.3, 0.4) is 0 Å². The van der Waals surface area contributed by atoms with E-state index >= 15 is 0 Å². The topological polar surface area (TPSA) is 57.0 Å². The van der Waals surface area contributed by atoms with Crippen LogP contribution in [-0.4, -0.2) is 54.0 Å². The molecule has 3 rings (SSSR count). The van der Waals surface area contributed by atoms with Gasteiger partial charge in [-0.2, -0.15) is 0 Å². The van der Waals surface area contributed by atoms with Gasteiger partial charge in [0, 0.05) is 14.8 Å². The van der Waals surface area contributed by atoms with Gasteiger partial charge in [-0.15, -0.1) is 0 Å². The smallest absolute Gasteiger partial charge is 0.506 e. The number of halogens is 1. The van der Waals surface area contributed by atoms with Gasteiger partial charge in [0.25, 0.3) is 0 Å². The number of nitrogens with zero attached hydrogens (tertiary/aromatic N) is 1. The van der Waals surface area contributed by atoms with Crippen LogP contribution in [0.5, 0.6) is 0 Å². The fourth-order valence-electron chi connectivity index (χ4n) is 3.61. The minimum Gasteiger partial charge on any atom is -0.617 e. The van der Waals surface area contributed by atoms with Crippen molar-refractivity contribution < 1.29 is 28.1 Å². The molecular formula is C19H27BINO5. The molecule has 1 spiro atoms. The van der Waals surface area contributed by atoms with Gasteiger partial charge in [0.15, 0.2) is 0 Å². The maximum atomic E-state index is 12.3. The van der Waals surface area contributed by atoms with E-state index in [-0.39, 0.29) is 12.4 Å². The van der Waals surface area contributed by atoms with E-state index in [0.29, 0.717) is 12.5 Å². The molecule has 0 bridgehead atoms. The van der Waals surface area contributed by atoms with Crippen LogP contribution in [-0.2, 0) is 23.5 Å². The van der Waals surface area contributed by atoms with Crippen molar-refractivity contribution in [1.29, 1.82) is 0 Å². The molecule has 1 aromatic rings. The highest BCUT2D eigenvalue weighted by Gasteiger charge is 2.65. The van der Waals surface area contributed by atoms with E-state index in [1.807, 2.05) is 63.6 Å². The first-order chi connectivity index (χ1) is 12.5. The van der Waals surface area contributed by atoms with Gasteiger partial charge in [-0.3, -0.25) is 4.79 Å². The van der Waals surface area contributed by atoms with Gasteiger partial charge in [-0.05, 0) is 81.5 Å². The first kappa shape index (κ1) is 20.6. The number of hydrogen-bond acceptors (Lipinski definition) is 5. The molecule has 1 atom stereocenters. The molecule has 1 saturated heterocycles. The van der Waals surface area contributed by atoms with Gasteiger partial charge >= 0.3 is 18.6 Å². The van der Waals surface area contributed by atoms with E-state index < -0.39 is 23.9 Å². The lowest BCUT2D eigenvalue weighted by molar-refractivity contribution is -0.517. The number of esters is 1. The number of carbonyl (C=O) groups is 1. The number of benzene rings is 1. The number of hydrogen-bond donors (Lipinski definition) is 0. The van der Waals surface area contributed by atoms with Crippen molar-refractivity contribution in [3.63, 3.8) is 0 Å². The lowest BCUT2D eigenvalue weighted by atomic mass is 9.67. The number of rotatable bonds is 4. The predicted molar refractivity (Wildman–Crippen MR) is 112 cm³/mol. The third-order valence-electron chi connectivity index (χ3n) is 5.70. The van der Waals surface area contributed by atoms with E-state index in [9.17, 15) is 4.79 Å². The van der Waals surface area contributed by atoms with Gasteiger partial charge in [0.2, 0.25) is 0 Å². The third kappa shape index (κ3) is 3.63. The fraction of sp³-hybridized carbons (Fsp3) is 0.579. The molecule has 1 fully saturated rings. The van der Waals surface area contributed by atoms with Crippen LogP contribution in [0.2, 0.25) is 0 Å². The molecule has 0 amide bonds. The summed E-state index contributed by atoms with van der Waals surface area (Å²) in [5.74, 6) is -0.0497. The van der Waals surface area contributed by atoms with Crippen LogP contribution in [0, 0.1) is 3.57 Å². The fourth-order valence-corrected chi connectivity index (χ4v) is 3.97. The molecule has 0 N–H and O–H groups in total. The van der Waals surface area contributed by atoms with Crippen molar-refractivity contribution in [3.05, 3.63) is 33.4 Å². The SMILES string of the molecule is CCOC(=O)C[C@@H]1[N+](C)=C(c2ccc(I)cc2)O[B-]12OC(C)(C)C(C)(C)O2. The molecule has 0 unspecified atom stereocenters. The second kappa shape index (κ2) is 7.04. The van der Waals surface area contributed by atoms with Crippen molar-refractivity contribution in [2.24, 2.45) is 0 Å². The molecule has 148 valence electrons. The van der Waals surface area contributed by atoms with Crippen LogP contribution < -0.4 is 0 Å². The zero-order valence-corrected chi connectivity index (χ0v) is 18.9. The summed E-state index contributed by atoms with van der Waals surface area (Å²) in [6.07, 6.45) is 0.129. The Morgan fingerprint density at radius 3 is 2.26 bits per heavy atom. The predicted octanol–water partition coefficient (Wildman–Crippen LogP) is 3.11. The largest absolute Gasteiger partial charge is 0.617 e. The summed E-state index contributed by atoms with van der Waals surface area (Å²) in [7, 11) is 1.90. The average molecular weight is 487 g/mol. The highest BCUT2D eigenvalue weighted by atomic mass is 127. The zero-order valence-electron chi connectivity index (χ0n) is 16.7. The third-order valence-corrected chi connectivity index (χ3v) is 6.42. The van der Waals surface area contributed by atoms with Crippen molar-refractivity contribution >= 4 is 41.2 Å². The number of ether oxygens (including phenoxy) is 1. The molecule has 0 aliphatic carbocycles. The van der Waals surface area contributed by atoms with Gasteiger partial charge < -0.3 is 18.7 Å². The Morgan fingerprint density at radius 1 is 1.19 bits per heavy atom. The maximum absolute atomic E-state index is 12.3. The minimum absolute atomic E-state index is 0.129. The molecule has 27 heavy (non-hydrogen) atoms. The lowest BCUT2D eigenvalue weighted by Crippen LogP contribution is -2.54. The quantitative estimate of drug-likeness (QED) is 0.283. The Labute approximate surface area is 174 Å². The van der Waals surface area contributed by atoms with Gasteiger partial charge in [-0.25, -0.2) is 4.58 Å². The van der Waals surface area contributed by atoms with Crippen LogP contribution in [0.25, 0.3) is 0 Å². The zero-order chi connectivity index (χ0) is 20.0. The summed E-state index contributed by atoms with van der Waals surface area (Å²) in [4.78, 5) is 12.3. The van der Waals surface area contributed by atoms with E-state index in [1.165, 1.54) is 0 Å². The van der Waals surface area contributed by atoms with Gasteiger partial charge in [0.1, 0.15) is 13.0 Å². The Balaban J connectivity index is 2.02. The molecule has 1 aromatic carbocycles. The second-order valence-electron chi connectivity index (χ2n) is 8.07. The van der Waals surface area contributed by atoms with Crippen molar-refractivity contribution in [3.8, 4) is 0 Å².